The van der Waals surface area contributed by atoms with Gasteiger partial charge in [0.25, 0.3) is 0 Å². The second-order valence-electron chi connectivity index (χ2n) is 8.95. The molecule has 1 saturated carbocycles. The van der Waals surface area contributed by atoms with Gasteiger partial charge in [0.15, 0.2) is 0 Å². The molecule has 0 amide bonds. The van der Waals surface area contributed by atoms with Gasteiger partial charge in [0.2, 0.25) is 0 Å². The Kier molecular flexibility index (Phi) is 12.7. The zero-order valence-corrected chi connectivity index (χ0v) is 21.8. The van der Waals surface area contributed by atoms with Gasteiger partial charge in [-0.1, -0.05) is 0 Å². The minimum absolute atomic E-state index is 0.717. The maximum absolute atomic E-state index is 2.72. The summed E-state index contributed by atoms with van der Waals surface area (Å²) in [7, 11) is 2.54. The van der Waals surface area contributed by atoms with Gasteiger partial charge in [-0.2, -0.15) is 0 Å². The summed E-state index contributed by atoms with van der Waals surface area (Å²) < 4.78 is 0.835. The van der Waals surface area contributed by atoms with Gasteiger partial charge in [-0.15, -0.1) is 0 Å². The van der Waals surface area contributed by atoms with Crippen molar-refractivity contribution in [3.8, 4) is 0 Å². The van der Waals surface area contributed by atoms with E-state index in [9.17, 15) is 0 Å². The summed E-state index contributed by atoms with van der Waals surface area (Å²) in [5.41, 5.74) is 1.80. The molecule has 149 valence electrons. The van der Waals surface area contributed by atoms with Crippen molar-refractivity contribution in [1.82, 2.24) is 0 Å². The molecule has 25 heavy (non-hydrogen) atoms. The Balaban J connectivity index is 3.01. The number of unbranched alkanes of at least 4 members (excludes halogenated alkanes) is 2. The number of hydrogen-bond donors (Lipinski definition) is 0. The van der Waals surface area contributed by atoms with Gasteiger partial charge in [-0.3, -0.25) is 0 Å². The van der Waals surface area contributed by atoms with Crippen LogP contribution in [0.1, 0.15) is 98.3 Å². The standard InChI is InChI=1S/C20H41P2.2CH3.Ti/c1-5-9-13-21-18-15-19(22-14-10-6-2)17-20(16-18,11-7-3)12-8-4;;;/h18,21-22H,5-17H2,1-4H3;2*1H3;. The second-order valence-corrected chi connectivity index (χ2v) is 17.9. The molecule has 4 atom stereocenters. The third kappa shape index (κ3) is 7.84. The van der Waals surface area contributed by atoms with Crippen molar-refractivity contribution in [2.45, 2.75) is 118 Å². The van der Waals surface area contributed by atoms with E-state index in [4.69, 9.17) is 0 Å². The third-order valence-corrected chi connectivity index (χ3v) is 16.2. The second kappa shape index (κ2) is 12.9. The van der Waals surface area contributed by atoms with Crippen LogP contribution in [-0.4, -0.2) is 21.4 Å². The predicted octanol–water partition coefficient (Wildman–Crippen LogP) is 8.49. The van der Waals surface area contributed by atoms with Gasteiger partial charge in [0.1, 0.15) is 0 Å². The van der Waals surface area contributed by atoms with Crippen molar-refractivity contribution >= 4 is 17.2 Å². The van der Waals surface area contributed by atoms with E-state index in [0.29, 0.717) is 0 Å². The van der Waals surface area contributed by atoms with E-state index < -0.39 is 17.9 Å². The number of hydrogen-bond acceptors (Lipinski definition) is 0. The minimum atomic E-state index is -0.924. The summed E-state index contributed by atoms with van der Waals surface area (Å²) in [4.78, 5) is 0. The van der Waals surface area contributed by atoms with E-state index in [1.54, 1.807) is 19.3 Å². The third-order valence-electron chi connectivity index (χ3n) is 6.43. The van der Waals surface area contributed by atoms with Crippen molar-refractivity contribution in [2.75, 3.05) is 12.3 Å². The molecule has 1 rings (SSSR count). The first-order chi connectivity index (χ1) is 12.0. The quantitative estimate of drug-likeness (QED) is 0.159. The van der Waals surface area contributed by atoms with Crippen molar-refractivity contribution < 1.29 is 17.9 Å². The molecule has 0 heterocycles. The molecule has 0 aromatic heterocycles. The Morgan fingerprint density at radius 3 is 1.96 bits per heavy atom. The summed E-state index contributed by atoms with van der Waals surface area (Å²) in [6, 6.07) is 0. The molecule has 3 heteroatoms. The molecule has 0 aromatic carbocycles. The molecule has 1 fully saturated rings. The summed E-state index contributed by atoms with van der Waals surface area (Å²) in [6.45, 7) is 9.62. The van der Waals surface area contributed by atoms with Gasteiger partial charge in [-0.05, 0) is 0 Å². The molecule has 4 unspecified atom stereocenters. The van der Waals surface area contributed by atoms with E-state index in [1.165, 1.54) is 80.9 Å². The molecule has 1 aliphatic carbocycles. The molecule has 0 radical (unpaired) electrons. The normalized spacial score (nSPS) is 26.9. The van der Waals surface area contributed by atoms with E-state index in [0.717, 1.165) is 14.5 Å². The van der Waals surface area contributed by atoms with Crippen LogP contribution in [0.15, 0.2) is 0 Å². The van der Waals surface area contributed by atoms with Gasteiger partial charge in [0.05, 0.1) is 0 Å². The molecular weight excluding hydrogens is 374 g/mol. The zero-order valence-electron chi connectivity index (χ0n) is 18.3. The van der Waals surface area contributed by atoms with Crippen LogP contribution in [0.25, 0.3) is 0 Å². The monoisotopic (exact) mass is 421 g/mol. The van der Waals surface area contributed by atoms with Crippen LogP contribution in [0.5, 0.6) is 0 Å². The Morgan fingerprint density at radius 2 is 1.44 bits per heavy atom. The molecule has 0 nitrogen and oxygen atoms in total. The summed E-state index contributed by atoms with van der Waals surface area (Å²) in [5, 5.41) is 5.44. The molecule has 0 aliphatic heterocycles. The number of rotatable bonds is 13. The summed E-state index contributed by atoms with van der Waals surface area (Å²) in [6.07, 6.45) is 19.5. The Labute approximate surface area is 170 Å². The van der Waals surface area contributed by atoms with Crippen LogP contribution < -0.4 is 0 Å². The Morgan fingerprint density at radius 1 is 0.840 bits per heavy atom. The van der Waals surface area contributed by atoms with E-state index in [1.807, 2.05) is 0 Å². The first kappa shape index (κ1) is 24.6. The summed E-state index contributed by atoms with van der Waals surface area (Å²) >= 11 is -0.924. The van der Waals surface area contributed by atoms with Crippen LogP contribution in [0.3, 0.4) is 0 Å². The van der Waals surface area contributed by atoms with Crippen LogP contribution in [0.2, 0.25) is 10.5 Å². The van der Waals surface area contributed by atoms with Crippen LogP contribution in [-0.2, 0) is 17.9 Å². The van der Waals surface area contributed by atoms with Crippen molar-refractivity contribution in [2.24, 2.45) is 5.41 Å². The predicted molar refractivity (Wildman–Crippen MR) is 121 cm³/mol. The molecule has 0 saturated heterocycles. The Bertz CT molecular complexity index is 339. The molecular formula is C22H47P2Ti. The van der Waals surface area contributed by atoms with Crippen LogP contribution >= 0.6 is 17.2 Å². The topological polar surface area (TPSA) is 0 Å². The first-order valence-corrected chi connectivity index (χ1v) is 17.7. The average molecular weight is 421 g/mol. The van der Waals surface area contributed by atoms with Crippen LogP contribution in [0.4, 0.5) is 0 Å². The van der Waals surface area contributed by atoms with Gasteiger partial charge < -0.3 is 0 Å². The fourth-order valence-corrected chi connectivity index (χ4v) is 14.4. The summed E-state index contributed by atoms with van der Waals surface area (Å²) in [5.74, 6) is 0. The van der Waals surface area contributed by atoms with E-state index in [2.05, 4.69) is 38.2 Å². The average Bonchev–Trinajstić information content (AvgIpc) is 2.55. The first-order valence-electron chi connectivity index (χ1n) is 11.3. The maximum atomic E-state index is 2.72. The van der Waals surface area contributed by atoms with Gasteiger partial charge in [0, 0.05) is 0 Å². The van der Waals surface area contributed by atoms with E-state index >= 15 is 0 Å². The zero-order chi connectivity index (χ0) is 18.8. The van der Waals surface area contributed by atoms with Crippen molar-refractivity contribution in [3.05, 3.63) is 0 Å². The molecule has 0 spiro atoms. The molecule has 0 bridgehead atoms. The van der Waals surface area contributed by atoms with Gasteiger partial charge in [-0.25, -0.2) is 0 Å². The fraction of sp³-hybridized carbons (Fsp3) is 1.00. The molecule has 0 N–H and O–H groups in total. The van der Waals surface area contributed by atoms with E-state index in [-0.39, 0.29) is 0 Å². The Hall–Kier alpha value is 1.57. The van der Waals surface area contributed by atoms with Crippen LogP contribution in [0, 0.1) is 5.41 Å². The molecule has 0 aromatic rings. The van der Waals surface area contributed by atoms with Gasteiger partial charge >= 0.3 is 171 Å². The van der Waals surface area contributed by atoms with Crippen molar-refractivity contribution in [3.63, 3.8) is 0 Å². The SMILES string of the molecule is CCCCPC1CC(CCC)(CCC)C[C](PCCCC)([Ti]([CH3])[CH3])C1. The van der Waals surface area contributed by atoms with Crippen molar-refractivity contribution in [1.29, 1.82) is 0 Å². The molecule has 1 aliphatic rings. The fourth-order valence-electron chi connectivity index (χ4n) is 5.19.